The van der Waals surface area contributed by atoms with Gasteiger partial charge in [-0.05, 0) is 49.9 Å². The van der Waals surface area contributed by atoms with Crippen LogP contribution in [0.1, 0.15) is 80.1 Å². The zero-order valence-electron chi connectivity index (χ0n) is 19.6. The average Bonchev–Trinajstić information content (AvgIpc) is 2.88. The Morgan fingerprint density at radius 2 is 1.59 bits per heavy atom. The summed E-state index contributed by atoms with van der Waals surface area (Å²) in [5.74, 6) is -0.543. The van der Waals surface area contributed by atoms with Gasteiger partial charge in [0.1, 0.15) is 17.0 Å². The summed E-state index contributed by atoms with van der Waals surface area (Å²) in [6.45, 7) is 0.0347. The molecule has 0 bridgehead atoms. The number of rotatable bonds is 5. The van der Waals surface area contributed by atoms with Crippen molar-refractivity contribution in [1.29, 1.82) is 0 Å². The van der Waals surface area contributed by atoms with E-state index in [9.17, 15) is 14.0 Å². The van der Waals surface area contributed by atoms with Gasteiger partial charge in [0, 0.05) is 29.2 Å². The molecule has 2 aliphatic carbocycles. The van der Waals surface area contributed by atoms with E-state index in [0.29, 0.717) is 16.6 Å². The predicted octanol–water partition coefficient (Wildman–Crippen LogP) is 5.69. The highest BCUT2D eigenvalue weighted by Crippen LogP contribution is 2.31. The van der Waals surface area contributed by atoms with Crippen molar-refractivity contribution in [3.8, 4) is 0 Å². The quantitative estimate of drug-likeness (QED) is 0.490. The van der Waals surface area contributed by atoms with Gasteiger partial charge < -0.3 is 4.90 Å². The number of pyridine rings is 2. The van der Waals surface area contributed by atoms with Crippen LogP contribution >= 0.6 is 0 Å². The van der Waals surface area contributed by atoms with Crippen LogP contribution in [0.5, 0.6) is 0 Å². The van der Waals surface area contributed by atoms with Crippen LogP contribution in [-0.4, -0.2) is 32.4 Å². The lowest BCUT2D eigenvalue weighted by Crippen LogP contribution is -2.50. The van der Waals surface area contributed by atoms with Crippen LogP contribution in [0.4, 0.5) is 4.39 Å². The van der Waals surface area contributed by atoms with E-state index in [2.05, 4.69) is 9.88 Å². The number of fused-ring (bicyclic) bond motifs is 1. The van der Waals surface area contributed by atoms with Crippen molar-refractivity contribution in [1.82, 2.24) is 14.5 Å². The molecule has 2 saturated carbocycles. The first-order chi connectivity index (χ1) is 16.6. The number of carbonyl (C=O) groups is 1. The number of benzene rings is 1. The lowest BCUT2D eigenvalue weighted by Gasteiger charge is -2.41. The first kappa shape index (κ1) is 22.8. The number of amides is 1. The summed E-state index contributed by atoms with van der Waals surface area (Å²) in [6, 6.07) is 12.2. The van der Waals surface area contributed by atoms with Crippen molar-refractivity contribution in [2.75, 3.05) is 0 Å². The second kappa shape index (κ2) is 10.1. The normalized spacial score (nSPS) is 17.7. The third-order valence-electron chi connectivity index (χ3n) is 7.54. The Hall–Kier alpha value is -3.02. The zero-order chi connectivity index (χ0) is 23.5. The van der Waals surface area contributed by atoms with E-state index < -0.39 is 5.56 Å². The van der Waals surface area contributed by atoms with E-state index >= 15 is 0 Å². The van der Waals surface area contributed by atoms with Crippen molar-refractivity contribution in [2.45, 2.75) is 82.8 Å². The minimum atomic E-state index is -0.393. The lowest BCUT2D eigenvalue weighted by atomic mass is 9.88. The molecule has 5 rings (SSSR count). The maximum absolute atomic E-state index is 14.5. The van der Waals surface area contributed by atoms with Crippen LogP contribution < -0.4 is 5.56 Å². The zero-order valence-corrected chi connectivity index (χ0v) is 19.6. The molecule has 2 aromatic heterocycles. The first-order valence-electron chi connectivity index (χ1n) is 12.7. The van der Waals surface area contributed by atoms with E-state index in [1.807, 2.05) is 6.07 Å². The van der Waals surface area contributed by atoms with Crippen molar-refractivity contribution >= 4 is 16.9 Å². The largest absolute Gasteiger partial charge is 0.333 e. The summed E-state index contributed by atoms with van der Waals surface area (Å²) < 4.78 is 15.9. The maximum atomic E-state index is 14.5. The van der Waals surface area contributed by atoms with Gasteiger partial charge in [-0.1, -0.05) is 56.7 Å². The molecule has 2 aliphatic rings. The molecular formula is C28H32FN3O2. The van der Waals surface area contributed by atoms with E-state index in [4.69, 9.17) is 0 Å². The fourth-order valence-electron chi connectivity index (χ4n) is 5.79. The Morgan fingerprint density at radius 1 is 0.941 bits per heavy atom. The monoisotopic (exact) mass is 461 g/mol. The molecule has 0 spiro atoms. The van der Waals surface area contributed by atoms with E-state index in [0.717, 1.165) is 51.4 Å². The highest BCUT2D eigenvalue weighted by atomic mass is 19.1. The number of aromatic nitrogens is 2. The van der Waals surface area contributed by atoms with Crippen molar-refractivity contribution < 1.29 is 9.18 Å². The van der Waals surface area contributed by atoms with Crippen LogP contribution in [0.2, 0.25) is 0 Å². The SMILES string of the molecule is O=C(c1cc2cccnc2n(Cc2ccccc2F)c1=O)N(C1CCCCC1)C1CCCCC1. The Kier molecular flexibility index (Phi) is 6.75. The van der Waals surface area contributed by atoms with E-state index in [1.165, 1.54) is 23.5 Å². The molecule has 1 aromatic carbocycles. The predicted molar refractivity (Wildman–Crippen MR) is 131 cm³/mol. The topological polar surface area (TPSA) is 55.2 Å². The molecule has 1 amide bonds. The standard InChI is InChI=1S/C28H32FN3O2/c29-25-16-8-7-10-21(25)19-31-26-20(11-9-17-30-26)18-24(27(31)33)28(34)32(22-12-3-1-4-13-22)23-14-5-2-6-15-23/h7-11,16-18,22-23H,1-6,12-15,19H2. The van der Waals surface area contributed by atoms with Crippen molar-refractivity contribution in [2.24, 2.45) is 0 Å². The van der Waals surface area contributed by atoms with Crippen LogP contribution in [0.3, 0.4) is 0 Å². The van der Waals surface area contributed by atoms with Gasteiger partial charge in [-0.25, -0.2) is 9.37 Å². The molecule has 5 nitrogen and oxygen atoms in total. The second-order valence-electron chi connectivity index (χ2n) is 9.75. The molecule has 34 heavy (non-hydrogen) atoms. The fourth-order valence-corrected chi connectivity index (χ4v) is 5.79. The van der Waals surface area contributed by atoms with Crippen LogP contribution in [-0.2, 0) is 6.54 Å². The van der Waals surface area contributed by atoms with Crippen molar-refractivity contribution in [3.63, 3.8) is 0 Å². The number of carbonyl (C=O) groups excluding carboxylic acids is 1. The molecule has 6 heteroatoms. The number of hydrogen-bond donors (Lipinski definition) is 0. The molecule has 0 saturated heterocycles. The summed E-state index contributed by atoms with van der Waals surface area (Å²) in [5.41, 5.74) is 0.649. The molecule has 2 fully saturated rings. The van der Waals surface area contributed by atoms with Gasteiger partial charge in [0.2, 0.25) is 0 Å². The third kappa shape index (κ3) is 4.50. The van der Waals surface area contributed by atoms with Gasteiger partial charge in [0.15, 0.2) is 0 Å². The minimum Gasteiger partial charge on any atom is -0.333 e. The molecule has 0 N–H and O–H groups in total. The maximum Gasteiger partial charge on any atom is 0.265 e. The van der Waals surface area contributed by atoms with Gasteiger partial charge >= 0.3 is 0 Å². The van der Waals surface area contributed by atoms with Crippen molar-refractivity contribution in [3.05, 3.63) is 76.0 Å². The molecule has 0 unspecified atom stereocenters. The Balaban J connectivity index is 1.60. The molecule has 0 atom stereocenters. The lowest BCUT2D eigenvalue weighted by molar-refractivity contribution is 0.0446. The van der Waals surface area contributed by atoms with Gasteiger partial charge in [-0.3, -0.25) is 14.2 Å². The second-order valence-corrected chi connectivity index (χ2v) is 9.75. The Bertz CT molecular complexity index is 1210. The van der Waals surface area contributed by atoms with Crippen LogP contribution in [0.15, 0.2) is 53.5 Å². The summed E-state index contributed by atoms with van der Waals surface area (Å²) in [7, 11) is 0. The minimum absolute atomic E-state index is 0.0347. The van der Waals surface area contributed by atoms with Crippen LogP contribution in [0, 0.1) is 5.82 Å². The molecule has 178 valence electrons. The highest BCUT2D eigenvalue weighted by Gasteiger charge is 2.34. The van der Waals surface area contributed by atoms with Gasteiger partial charge in [0.05, 0.1) is 6.54 Å². The van der Waals surface area contributed by atoms with E-state index in [1.54, 1.807) is 36.5 Å². The molecular weight excluding hydrogens is 429 g/mol. The Morgan fingerprint density at radius 3 is 2.24 bits per heavy atom. The summed E-state index contributed by atoms with van der Waals surface area (Å²) >= 11 is 0. The summed E-state index contributed by atoms with van der Waals surface area (Å²) in [6.07, 6.45) is 12.5. The summed E-state index contributed by atoms with van der Waals surface area (Å²) in [5, 5.41) is 0.717. The fraction of sp³-hybridized carbons (Fsp3) is 0.464. The number of nitrogens with zero attached hydrogens (tertiary/aromatic N) is 3. The smallest absolute Gasteiger partial charge is 0.265 e. The third-order valence-corrected chi connectivity index (χ3v) is 7.54. The van der Waals surface area contributed by atoms with Crippen LogP contribution in [0.25, 0.3) is 11.0 Å². The van der Waals surface area contributed by atoms with Gasteiger partial charge in [-0.2, -0.15) is 0 Å². The number of hydrogen-bond acceptors (Lipinski definition) is 3. The van der Waals surface area contributed by atoms with E-state index in [-0.39, 0.29) is 35.9 Å². The van der Waals surface area contributed by atoms with Gasteiger partial charge in [-0.15, -0.1) is 0 Å². The molecule has 0 radical (unpaired) electrons. The Labute approximate surface area is 199 Å². The van der Waals surface area contributed by atoms with Gasteiger partial charge in [0.25, 0.3) is 11.5 Å². The molecule has 2 heterocycles. The molecule has 0 aliphatic heterocycles. The highest BCUT2D eigenvalue weighted by molar-refractivity contribution is 5.97. The average molecular weight is 462 g/mol. The molecule has 3 aromatic rings. The number of halogens is 1. The summed E-state index contributed by atoms with van der Waals surface area (Å²) in [4.78, 5) is 34.3. The first-order valence-corrected chi connectivity index (χ1v) is 12.7.